The fourth-order valence-corrected chi connectivity index (χ4v) is 2.92. The van der Waals surface area contributed by atoms with Crippen LogP contribution < -0.4 is 15.4 Å². The van der Waals surface area contributed by atoms with Crippen molar-refractivity contribution in [2.45, 2.75) is 31.7 Å². The van der Waals surface area contributed by atoms with Gasteiger partial charge in [0, 0.05) is 18.5 Å². The number of carbonyl (C=O) groups excluding carboxylic acids is 2. The zero-order valence-corrected chi connectivity index (χ0v) is 11.9. The van der Waals surface area contributed by atoms with E-state index in [2.05, 4.69) is 10.6 Å². The summed E-state index contributed by atoms with van der Waals surface area (Å²) in [6.45, 7) is 1.12. The molecule has 0 radical (unpaired) electrons. The highest BCUT2D eigenvalue weighted by Crippen LogP contribution is 2.31. The lowest BCUT2D eigenvalue weighted by atomic mass is 9.96. The first-order valence-electron chi connectivity index (χ1n) is 7.53. The van der Waals surface area contributed by atoms with Crippen molar-refractivity contribution in [2.75, 3.05) is 13.2 Å². The molecular formula is C16H20N2O3. The molecule has 1 aromatic rings. The highest BCUT2D eigenvalue weighted by atomic mass is 16.5. The number of carbonyl (C=O) groups is 2. The van der Waals surface area contributed by atoms with Crippen molar-refractivity contribution in [2.24, 2.45) is 5.92 Å². The number of piperidine rings is 1. The van der Waals surface area contributed by atoms with Crippen LogP contribution in [0.2, 0.25) is 0 Å². The topological polar surface area (TPSA) is 67.4 Å². The molecule has 2 heterocycles. The third kappa shape index (κ3) is 3.17. The van der Waals surface area contributed by atoms with E-state index in [0.29, 0.717) is 26.0 Å². The smallest absolute Gasteiger partial charge is 0.225 e. The summed E-state index contributed by atoms with van der Waals surface area (Å²) >= 11 is 0. The molecule has 0 unspecified atom stereocenters. The van der Waals surface area contributed by atoms with Gasteiger partial charge >= 0.3 is 0 Å². The van der Waals surface area contributed by atoms with E-state index < -0.39 is 0 Å². The average Bonchev–Trinajstić information content (AvgIpc) is 2.71. The molecule has 112 valence electrons. The normalized spacial score (nSPS) is 25.0. The molecular weight excluding hydrogens is 268 g/mol. The Balaban J connectivity index is 1.69. The highest BCUT2D eigenvalue weighted by molar-refractivity contribution is 5.84. The number of amides is 2. The first-order valence-corrected chi connectivity index (χ1v) is 7.53. The van der Waals surface area contributed by atoms with Crippen molar-refractivity contribution in [1.82, 2.24) is 10.6 Å². The van der Waals surface area contributed by atoms with Crippen LogP contribution in [-0.2, 0) is 9.59 Å². The minimum absolute atomic E-state index is 0.00571. The van der Waals surface area contributed by atoms with E-state index in [1.54, 1.807) is 0 Å². The molecule has 21 heavy (non-hydrogen) atoms. The molecule has 3 rings (SSSR count). The van der Waals surface area contributed by atoms with Crippen molar-refractivity contribution in [3.8, 4) is 5.75 Å². The van der Waals surface area contributed by atoms with E-state index in [-0.39, 0.29) is 23.8 Å². The van der Waals surface area contributed by atoms with Gasteiger partial charge in [-0.3, -0.25) is 9.59 Å². The molecule has 1 fully saturated rings. The molecule has 5 nitrogen and oxygen atoms in total. The summed E-state index contributed by atoms with van der Waals surface area (Å²) in [6.07, 6.45) is 2.86. The molecule has 1 saturated heterocycles. The molecule has 0 aliphatic carbocycles. The third-order valence-electron chi connectivity index (χ3n) is 4.14. The quantitative estimate of drug-likeness (QED) is 0.867. The second-order valence-electron chi connectivity index (χ2n) is 5.63. The lowest BCUT2D eigenvalue weighted by Gasteiger charge is -2.25. The number of fused-ring (bicyclic) bond motifs is 1. The number of benzene rings is 1. The van der Waals surface area contributed by atoms with Crippen LogP contribution in [0.15, 0.2) is 24.3 Å². The summed E-state index contributed by atoms with van der Waals surface area (Å²) in [5, 5.41) is 5.89. The highest BCUT2D eigenvalue weighted by Gasteiger charge is 2.28. The largest absolute Gasteiger partial charge is 0.493 e. The van der Waals surface area contributed by atoms with Gasteiger partial charge in [0.25, 0.3) is 0 Å². The van der Waals surface area contributed by atoms with Crippen molar-refractivity contribution in [1.29, 1.82) is 0 Å². The Hall–Kier alpha value is -2.04. The second-order valence-corrected chi connectivity index (χ2v) is 5.63. The maximum absolute atomic E-state index is 12.4. The molecule has 2 aliphatic rings. The number of ether oxygens (including phenoxy) is 1. The molecule has 5 heteroatoms. The van der Waals surface area contributed by atoms with Gasteiger partial charge in [-0.2, -0.15) is 0 Å². The Morgan fingerprint density at radius 2 is 2.14 bits per heavy atom. The summed E-state index contributed by atoms with van der Waals surface area (Å²) in [5.74, 6) is 0.792. The van der Waals surface area contributed by atoms with Gasteiger partial charge < -0.3 is 15.4 Å². The van der Waals surface area contributed by atoms with Gasteiger partial charge in [0.2, 0.25) is 11.8 Å². The predicted octanol–water partition coefficient (Wildman–Crippen LogP) is 1.54. The molecule has 2 N–H and O–H groups in total. The van der Waals surface area contributed by atoms with Crippen LogP contribution in [0.1, 0.15) is 37.3 Å². The first kappa shape index (κ1) is 13.9. The molecule has 0 spiro atoms. The summed E-state index contributed by atoms with van der Waals surface area (Å²) in [6, 6.07) is 7.86. The van der Waals surface area contributed by atoms with Crippen LogP contribution in [-0.4, -0.2) is 25.0 Å². The molecule has 0 aromatic heterocycles. The Kier molecular flexibility index (Phi) is 4.08. The SMILES string of the molecule is O=C1CC[C@H](C(=O)N[C@H]2CCCOc3ccccc32)CN1. The van der Waals surface area contributed by atoms with Crippen LogP contribution in [0.5, 0.6) is 5.75 Å². The van der Waals surface area contributed by atoms with Crippen LogP contribution in [0, 0.1) is 5.92 Å². The van der Waals surface area contributed by atoms with Crippen LogP contribution >= 0.6 is 0 Å². The first-order chi connectivity index (χ1) is 10.2. The molecule has 2 amide bonds. The number of para-hydroxylation sites is 1. The second kappa shape index (κ2) is 6.16. The summed E-state index contributed by atoms with van der Waals surface area (Å²) in [7, 11) is 0. The van der Waals surface area contributed by atoms with Gasteiger partial charge in [-0.1, -0.05) is 18.2 Å². The Morgan fingerprint density at radius 1 is 1.29 bits per heavy atom. The Bertz CT molecular complexity index is 534. The third-order valence-corrected chi connectivity index (χ3v) is 4.14. The van der Waals surface area contributed by atoms with Gasteiger partial charge in [-0.25, -0.2) is 0 Å². The summed E-state index contributed by atoms with van der Waals surface area (Å²) in [5.41, 5.74) is 1.04. The lowest BCUT2D eigenvalue weighted by Crippen LogP contribution is -2.43. The van der Waals surface area contributed by atoms with Crippen molar-refractivity contribution >= 4 is 11.8 Å². The monoisotopic (exact) mass is 288 g/mol. The number of hydrogen-bond acceptors (Lipinski definition) is 3. The van der Waals surface area contributed by atoms with E-state index in [9.17, 15) is 9.59 Å². The molecule has 2 atom stereocenters. The zero-order chi connectivity index (χ0) is 14.7. The van der Waals surface area contributed by atoms with Gasteiger partial charge in [-0.15, -0.1) is 0 Å². The summed E-state index contributed by atoms with van der Waals surface area (Å²) in [4.78, 5) is 23.6. The van der Waals surface area contributed by atoms with Crippen molar-refractivity contribution in [3.05, 3.63) is 29.8 Å². The van der Waals surface area contributed by atoms with E-state index in [1.165, 1.54) is 0 Å². The minimum Gasteiger partial charge on any atom is -0.493 e. The average molecular weight is 288 g/mol. The minimum atomic E-state index is -0.126. The fraction of sp³-hybridized carbons (Fsp3) is 0.500. The van der Waals surface area contributed by atoms with Gasteiger partial charge in [-0.05, 0) is 25.3 Å². The van der Waals surface area contributed by atoms with Crippen molar-refractivity contribution in [3.63, 3.8) is 0 Å². The van der Waals surface area contributed by atoms with E-state index >= 15 is 0 Å². The predicted molar refractivity (Wildman–Crippen MR) is 77.8 cm³/mol. The standard InChI is InChI=1S/C16H20N2O3/c19-15-8-7-11(10-17-15)16(20)18-13-5-3-9-21-14-6-2-1-4-12(13)14/h1-2,4,6,11,13H,3,5,7-10H2,(H,17,19)(H,18,20)/t11-,13-/m0/s1. The van der Waals surface area contributed by atoms with Gasteiger partial charge in [0.15, 0.2) is 0 Å². The van der Waals surface area contributed by atoms with Crippen LogP contribution in [0.3, 0.4) is 0 Å². The van der Waals surface area contributed by atoms with Gasteiger partial charge in [0.1, 0.15) is 5.75 Å². The fourth-order valence-electron chi connectivity index (χ4n) is 2.92. The molecule has 2 aliphatic heterocycles. The van der Waals surface area contributed by atoms with E-state index in [1.807, 2.05) is 24.3 Å². The Morgan fingerprint density at radius 3 is 2.95 bits per heavy atom. The van der Waals surface area contributed by atoms with Crippen LogP contribution in [0.25, 0.3) is 0 Å². The molecule has 1 aromatic carbocycles. The zero-order valence-electron chi connectivity index (χ0n) is 11.9. The summed E-state index contributed by atoms with van der Waals surface area (Å²) < 4.78 is 5.71. The Labute approximate surface area is 124 Å². The molecule has 0 saturated carbocycles. The maximum Gasteiger partial charge on any atom is 0.225 e. The van der Waals surface area contributed by atoms with E-state index in [0.717, 1.165) is 24.2 Å². The van der Waals surface area contributed by atoms with Crippen molar-refractivity contribution < 1.29 is 14.3 Å². The lowest BCUT2D eigenvalue weighted by molar-refractivity contribution is -0.129. The number of nitrogens with one attached hydrogen (secondary N) is 2. The number of rotatable bonds is 2. The van der Waals surface area contributed by atoms with Gasteiger partial charge in [0.05, 0.1) is 18.6 Å². The molecule has 0 bridgehead atoms. The van der Waals surface area contributed by atoms with Crippen LogP contribution in [0.4, 0.5) is 0 Å². The number of hydrogen-bond donors (Lipinski definition) is 2. The maximum atomic E-state index is 12.4. The van der Waals surface area contributed by atoms with E-state index in [4.69, 9.17) is 4.74 Å².